The molecule has 3 rings (SSSR count). The van der Waals surface area contributed by atoms with E-state index in [1.165, 1.54) is 11.7 Å². The van der Waals surface area contributed by atoms with Gasteiger partial charge in [-0.3, -0.25) is 4.79 Å². The molecule has 0 aliphatic rings. The fraction of sp³-hybridized carbons (Fsp3) is 0.263. The number of hydrogen-bond donors (Lipinski definition) is 1. The van der Waals surface area contributed by atoms with Crippen LogP contribution in [0.1, 0.15) is 5.56 Å². The van der Waals surface area contributed by atoms with Crippen molar-refractivity contribution in [3.05, 3.63) is 48.0 Å². The molecule has 0 atom stereocenters. The van der Waals surface area contributed by atoms with E-state index in [9.17, 15) is 13.6 Å². The maximum absolute atomic E-state index is 12.9. The maximum atomic E-state index is 12.9. The van der Waals surface area contributed by atoms with Crippen molar-refractivity contribution in [3.8, 4) is 11.5 Å². The van der Waals surface area contributed by atoms with Crippen LogP contribution in [-0.4, -0.2) is 35.4 Å². The van der Waals surface area contributed by atoms with Crippen molar-refractivity contribution in [1.82, 2.24) is 14.9 Å². The summed E-state index contributed by atoms with van der Waals surface area (Å²) in [7, 11) is 3.09. The van der Waals surface area contributed by atoms with E-state index >= 15 is 0 Å². The van der Waals surface area contributed by atoms with Crippen LogP contribution in [0.15, 0.2) is 47.6 Å². The molecular weight excluding hydrogens is 388 g/mol. The average Bonchev–Trinajstić information content (AvgIpc) is 3.02. The Morgan fingerprint density at radius 1 is 1.21 bits per heavy atom. The van der Waals surface area contributed by atoms with Gasteiger partial charge in [0.1, 0.15) is 18.0 Å². The zero-order valence-electron chi connectivity index (χ0n) is 15.3. The summed E-state index contributed by atoms with van der Waals surface area (Å²) < 4.78 is 37.7. The van der Waals surface area contributed by atoms with Crippen molar-refractivity contribution in [3.63, 3.8) is 0 Å². The first-order valence-electron chi connectivity index (χ1n) is 8.39. The third-order valence-electron chi connectivity index (χ3n) is 4.09. The van der Waals surface area contributed by atoms with Gasteiger partial charge in [0, 0.05) is 18.2 Å². The molecule has 0 aliphatic heterocycles. The topological polar surface area (TPSA) is 65.4 Å². The minimum atomic E-state index is -2.62. The number of rotatable bonds is 8. The molecular formula is C19H19F2N3O3S. The zero-order valence-corrected chi connectivity index (χ0v) is 16.1. The summed E-state index contributed by atoms with van der Waals surface area (Å²) in [6.07, 6.45) is 0. The fourth-order valence-electron chi connectivity index (χ4n) is 2.77. The second kappa shape index (κ2) is 8.92. The maximum Gasteiger partial charge on any atom is 0.291 e. The van der Waals surface area contributed by atoms with Gasteiger partial charge in [0.2, 0.25) is 5.91 Å². The van der Waals surface area contributed by atoms with Crippen LogP contribution in [-0.2, 0) is 17.9 Å². The minimum absolute atomic E-state index is 0.105. The number of halogens is 2. The number of fused-ring (bicyclic) bond motifs is 1. The van der Waals surface area contributed by atoms with E-state index in [0.717, 1.165) is 5.56 Å². The van der Waals surface area contributed by atoms with Crippen LogP contribution in [0.3, 0.4) is 0 Å². The van der Waals surface area contributed by atoms with E-state index in [1.54, 1.807) is 49.6 Å². The number of nitrogens with zero attached hydrogens (tertiary/aromatic N) is 2. The Morgan fingerprint density at radius 3 is 2.71 bits per heavy atom. The number of hydrogen-bond acceptors (Lipinski definition) is 5. The second-order valence-electron chi connectivity index (χ2n) is 5.80. The monoisotopic (exact) mass is 407 g/mol. The minimum Gasteiger partial charge on any atom is -0.497 e. The van der Waals surface area contributed by atoms with Gasteiger partial charge in [-0.05, 0) is 36.0 Å². The molecule has 1 heterocycles. The summed E-state index contributed by atoms with van der Waals surface area (Å²) in [6.45, 7) is 0.115. The Balaban J connectivity index is 1.75. The van der Waals surface area contributed by atoms with Crippen LogP contribution in [0.2, 0.25) is 0 Å². The molecule has 6 nitrogen and oxygen atoms in total. The van der Waals surface area contributed by atoms with Gasteiger partial charge >= 0.3 is 0 Å². The summed E-state index contributed by atoms with van der Waals surface area (Å²) in [5.74, 6) is -1.72. The lowest BCUT2D eigenvalue weighted by molar-refractivity contribution is -0.121. The predicted octanol–water partition coefficient (Wildman–Crippen LogP) is 3.68. The number of benzene rings is 2. The van der Waals surface area contributed by atoms with Crippen molar-refractivity contribution in [1.29, 1.82) is 0 Å². The summed E-state index contributed by atoms with van der Waals surface area (Å²) >= 11 is 0.322. The van der Waals surface area contributed by atoms with Gasteiger partial charge < -0.3 is 19.4 Å². The van der Waals surface area contributed by atoms with E-state index < -0.39 is 5.76 Å². The highest BCUT2D eigenvalue weighted by molar-refractivity contribution is 7.99. The van der Waals surface area contributed by atoms with Crippen LogP contribution in [0.4, 0.5) is 8.78 Å². The molecule has 28 heavy (non-hydrogen) atoms. The summed E-state index contributed by atoms with van der Waals surface area (Å²) in [5.41, 5.74) is 1.97. The van der Waals surface area contributed by atoms with Crippen LogP contribution in [0.5, 0.6) is 11.5 Å². The van der Waals surface area contributed by atoms with E-state index in [-0.39, 0.29) is 24.2 Å². The highest BCUT2D eigenvalue weighted by atomic mass is 32.2. The molecule has 0 fully saturated rings. The van der Waals surface area contributed by atoms with Gasteiger partial charge in [-0.15, -0.1) is 0 Å². The molecule has 9 heteroatoms. The first-order valence-corrected chi connectivity index (χ1v) is 9.27. The molecule has 0 radical (unpaired) electrons. The quantitative estimate of drug-likeness (QED) is 0.577. The Kier molecular flexibility index (Phi) is 6.35. The molecule has 0 bridgehead atoms. The zero-order chi connectivity index (χ0) is 20.1. The Bertz CT molecular complexity index is 978. The molecule has 1 aromatic heterocycles. The molecule has 1 amide bonds. The molecule has 0 unspecified atom stereocenters. The van der Waals surface area contributed by atoms with Crippen molar-refractivity contribution in [2.45, 2.75) is 24.0 Å². The number of amides is 1. The van der Waals surface area contributed by atoms with Gasteiger partial charge in [0.05, 0.1) is 25.3 Å². The van der Waals surface area contributed by atoms with Gasteiger partial charge in [0.25, 0.3) is 5.76 Å². The number of ether oxygens (including phenoxy) is 2. The summed E-state index contributed by atoms with van der Waals surface area (Å²) in [4.78, 5) is 16.7. The van der Waals surface area contributed by atoms with Crippen LogP contribution in [0.25, 0.3) is 11.0 Å². The normalized spacial score (nSPS) is 11.0. The lowest BCUT2D eigenvalue weighted by Crippen LogP contribution is -2.27. The Labute approximate surface area is 164 Å². The van der Waals surface area contributed by atoms with Crippen molar-refractivity contribution in [2.24, 2.45) is 0 Å². The summed E-state index contributed by atoms with van der Waals surface area (Å²) in [5, 5.41) is 2.89. The number of carbonyl (C=O) groups excluding carboxylic acids is 1. The van der Waals surface area contributed by atoms with Crippen molar-refractivity contribution < 1.29 is 23.0 Å². The first kappa shape index (κ1) is 19.9. The third-order valence-corrected chi connectivity index (χ3v) is 4.79. The lowest BCUT2D eigenvalue weighted by Gasteiger charge is -2.12. The molecule has 148 valence electrons. The van der Waals surface area contributed by atoms with E-state index in [2.05, 4.69) is 10.3 Å². The molecule has 0 saturated heterocycles. The average molecular weight is 407 g/mol. The predicted molar refractivity (Wildman–Crippen MR) is 103 cm³/mol. The van der Waals surface area contributed by atoms with Crippen LogP contribution in [0, 0.1) is 0 Å². The number of thioether (sulfide) groups is 1. The third kappa shape index (κ3) is 4.53. The smallest absolute Gasteiger partial charge is 0.291 e. The SMILES string of the molecule is COc1ccc(CNC(=O)Cn2c(SC(F)F)nc3ccccc32)c(OC)c1. The van der Waals surface area contributed by atoms with Gasteiger partial charge in [-0.1, -0.05) is 12.1 Å². The summed E-state index contributed by atoms with van der Waals surface area (Å²) in [6, 6.07) is 12.3. The molecule has 0 aliphatic carbocycles. The molecule has 0 spiro atoms. The number of nitrogens with one attached hydrogen (secondary N) is 1. The second-order valence-corrected chi connectivity index (χ2v) is 6.76. The number of para-hydroxylation sites is 2. The number of methoxy groups -OCH3 is 2. The molecule has 0 saturated carbocycles. The Morgan fingerprint density at radius 2 is 2.00 bits per heavy atom. The van der Waals surface area contributed by atoms with Gasteiger partial charge in [0.15, 0.2) is 5.16 Å². The number of carbonyl (C=O) groups is 1. The number of alkyl halides is 2. The van der Waals surface area contributed by atoms with Crippen molar-refractivity contribution in [2.75, 3.05) is 14.2 Å². The standard InChI is InChI=1S/C19H19F2N3O3S/c1-26-13-8-7-12(16(9-13)27-2)10-22-17(25)11-24-15-6-4-3-5-14(15)23-19(24)28-18(20)21/h3-9,18H,10-11H2,1-2H3,(H,22,25). The van der Waals surface area contributed by atoms with Crippen LogP contribution < -0.4 is 14.8 Å². The van der Waals surface area contributed by atoms with Crippen molar-refractivity contribution >= 4 is 28.7 Å². The largest absolute Gasteiger partial charge is 0.497 e. The fourth-order valence-corrected chi connectivity index (χ4v) is 3.37. The van der Waals surface area contributed by atoms with E-state index in [1.807, 2.05) is 0 Å². The molecule has 3 aromatic rings. The van der Waals surface area contributed by atoms with E-state index in [0.29, 0.717) is 34.3 Å². The molecule has 1 N–H and O–H groups in total. The van der Waals surface area contributed by atoms with Gasteiger partial charge in [-0.25, -0.2) is 4.98 Å². The van der Waals surface area contributed by atoms with E-state index in [4.69, 9.17) is 9.47 Å². The van der Waals surface area contributed by atoms with Gasteiger partial charge in [-0.2, -0.15) is 8.78 Å². The van der Waals surface area contributed by atoms with Crippen LogP contribution >= 0.6 is 11.8 Å². The first-order chi connectivity index (χ1) is 13.5. The Hall–Kier alpha value is -2.81. The molecule has 2 aromatic carbocycles. The lowest BCUT2D eigenvalue weighted by atomic mass is 10.2. The number of aromatic nitrogens is 2. The highest BCUT2D eigenvalue weighted by Crippen LogP contribution is 2.28. The number of imidazole rings is 1. The highest BCUT2D eigenvalue weighted by Gasteiger charge is 2.18.